The van der Waals surface area contributed by atoms with Crippen LogP contribution in [-0.2, 0) is 5.75 Å². The highest BCUT2D eigenvalue weighted by molar-refractivity contribution is 7.98. The second-order valence-electron chi connectivity index (χ2n) is 4.78. The van der Waals surface area contributed by atoms with Crippen molar-refractivity contribution in [3.8, 4) is 0 Å². The number of anilines is 1. The van der Waals surface area contributed by atoms with Crippen molar-refractivity contribution < 1.29 is 0 Å². The van der Waals surface area contributed by atoms with E-state index < -0.39 is 0 Å². The monoisotopic (exact) mass is 287 g/mol. The van der Waals surface area contributed by atoms with Gasteiger partial charge in [-0.3, -0.25) is 0 Å². The molecule has 0 bridgehead atoms. The molecule has 0 fully saturated rings. The summed E-state index contributed by atoms with van der Waals surface area (Å²) in [6, 6.07) is 8.41. The van der Waals surface area contributed by atoms with E-state index in [4.69, 9.17) is 0 Å². The summed E-state index contributed by atoms with van der Waals surface area (Å²) in [5, 5.41) is 3.31. The van der Waals surface area contributed by atoms with Gasteiger partial charge in [-0.05, 0) is 39.3 Å². The normalized spacial score (nSPS) is 10.6. The minimum Gasteiger partial charge on any atom is -0.370 e. The molecule has 0 aliphatic rings. The maximum absolute atomic E-state index is 4.62. The van der Waals surface area contributed by atoms with Crippen molar-refractivity contribution >= 4 is 17.6 Å². The molecule has 0 saturated heterocycles. The van der Waals surface area contributed by atoms with Crippen LogP contribution in [0.15, 0.2) is 29.2 Å². The minimum absolute atomic E-state index is 0.796. The first-order chi connectivity index (χ1) is 9.61. The van der Waals surface area contributed by atoms with Crippen LogP contribution < -0.4 is 5.32 Å². The zero-order valence-corrected chi connectivity index (χ0v) is 13.3. The molecule has 1 aromatic heterocycles. The predicted octanol–water partition coefficient (Wildman–Crippen LogP) is 4.13. The maximum atomic E-state index is 4.62. The van der Waals surface area contributed by atoms with Gasteiger partial charge in [0.05, 0.1) is 5.75 Å². The fourth-order valence-electron chi connectivity index (χ4n) is 1.95. The fourth-order valence-corrected chi connectivity index (χ4v) is 2.84. The van der Waals surface area contributed by atoms with E-state index in [9.17, 15) is 0 Å². The van der Waals surface area contributed by atoms with Crippen molar-refractivity contribution in [2.45, 2.75) is 38.3 Å². The quantitative estimate of drug-likeness (QED) is 0.839. The van der Waals surface area contributed by atoms with Gasteiger partial charge in [-0.15, -0.1) is 11.8 Å². The van der Waals surface area contributed by atoms with E-state index in [1.165, 1.54) is 10.5 Å². The summed E-state index contributed by atoms with van der Waals surface area (Å²) in [5.74, 6) is 2.64. The van der Waals surface area contributed by atoms with Crippen LogP contribution in [0.4, 0.5) is 5.82 Å². The summed E-state index contributed by atoms with van der Waals surface area (Å²) >= 11 is 1.79. The number of thioether (sulfide) groups is 1. The van der Waals surface area contributed by atoms with Crippen LogP contribution in [-0.4, -0.2) is 16.5 Å². The summed E-state index contributed by atoms with van der Waals surface area (Å²) in [6.07, 6.45) is 0. The second kappa shape index (κ2) is 6.75. The lowest BCUT2D eigenvalue weighted by atomic mass is 10.2. The van der Waals surface area contributed by atoms with E-state index in [1.54, 1.807) is 11.8 Å². The summed E-state index contributed by atoms with van der Waals surface area (Å²) in [7, 11) is 0. The van der Waals surface area contributed by atoms with Gasteiger partial charge in [0.25, 0.3) is 0 Å². The number of hydrogen-bond acceptors (Lipinski definition) is 4. The van der Waals surface area contributed by atoms with Crippen LogP contribution in [0.1, 0.15) is 29.6 Å². The van der Waals surface area contributed by atoms with Gasteiger partial charge in [0.1, 0.15) is 11.6 Å². The molecule has 1 N–H and O–H groups in total. The average Bonchev–Trinajstić information content (AvgIpc) is 2.43. The van der Waals surface area contributed by atoms with Crippen LogP contribution in [0.2, 0.25) is 0 Å². The van der Waals surface area contributed by atoms with Crippen LogP contribution in [0.5, 0.6) is 0 Å². The molecule has 0 atom stereocenters. The third kappa shape index (κ3) is 3.51. The highest BCUT2D eigenvalue weighted by Gasteiger charge is 2.08. The van der Waals surface area contributed by atoms with Gasteiger partial charge in [0.15, 0.2) is 0 Å². The topological polar surface area (TPSA) is 37.8 Å². The van der Waals surface area contributed by atoms with E-state index in [0.29, 0.717) is 0 Å². The van der Waals surface area contributed by atoms with Gasteiger partial charge in [0, 0.05) is 22.7 Å². The zero-order valence-electron chi connectivity index (χ0n) is 12.5. The average molecular weight is 287 g/mol. The SMILES string of the molecule is CCNc1nc(CSc2ccccc2C)nc(C)c1C. The molecule has 1 heterocycles. The van der Waals surface area contributed by atoms with Gasteiger partial charge in [0.2, 0.25) is 0 Å². The van der Waals surface area contributed by atoms with E-state index in [2.05, 4.69) is 60.3 Å². The van der Waals surface area contributed by atoms with Gasteiger partial charge >= 0.3 is 0 Å². The summed E-state index contributed by atoms with van der Waals surface area (Å²) < 4.78 is 0. The fraction of sp³-hybridized carbons (Fsp3) is 0.375. The summed E-state index contributed by atoms with van der Waals surface area (Å²) in [5.41, 5.74) is 3.49. The number of benzene rings is 1. The molecule has 106 valence electrons. The number of hydrogen-bond donors (Lipinski definition) is 1. The Bertz CT molecular complexity index is 596. The van der Waals surface area contributed by atoms with Crippen molar-refractivity contribution in [3.63, 3.8) is 0 Å². The van der Waals surface area contributed by atoms with Crippen molar-refractivity contribution in [2.75, 3.05) is 11.9 Å². The standard InChI is InChI=1S/C16H21N3S/c1-5-17-16-12(3)13(4)18-15(19-16)10-20-14-9-7-6-8-11(14)2/h6-9H,5,10H2,1-4H3,(H,17,18,19). The first-order valence-electron chi connectivity index (χ1n) is 6.88. The Morgan fingerprint density at radius 3 is 2.55 bits per heavy atom. The molecule has 1 aromatic carbocycles. The Morgan fingerprint density at radius 1 is 1.10 bits per heavy atom. The Labute approximate surface area is 125 Å². The molecule has 0 radical (unpaired) electrons. The van der Waals surface area contributed by atoms with Gasteiger partial charge in [-0.25, -0.2) is 9.97 Å². The molecule has 0 aliphatic heterocycles. The van der Waals surface area contributed by atoms with E-state index in [0.717, 1.165) is 35.2 Å². The Kier molecular flexibility index (Phi) is 5.01. The lowest BCUT2D eigenvalue weighted by Crippen LogP contribution is -2.07. The molecule has 2 aromatic rings. The first kappa shape index (κ1) is 14.9. The van der Waals surface area contributed by atoms with Crippen LogP contribution in [0, 0.1) is 20.8 Å². The highest BCUT2D eigenvalue weighted by atomic mass is 32.2. The lowest BCUT2D eigenvalue weighted by molar-refractivity contribution is 0.964. The molecular formula is C16H21N3S. The Morgan fingerprint density at radius 2 is 1.85 bits per heavy atom. The van der Waals surface area contributed by atoms with Gasteiger partial charge in [-0.1, -0.05) is 18.2 Å². The third-order valence-electron chi connectivity index (χ3n) is 3.23. The molecule has 2 rings (SSSR count). The number of rotatable bonds is 5. The summed E-state index contributed by atoms with van der Waals surface area (Å²) in [6.45, 7) is 9.19. The van der Waals surface area contributed by atoms with E-state index in [1.807, 2.05) is 6.92 Å². The van der Waals surface area contributed by atoms with Gasteiger partial charge in [-0.2, -0.15) is 0 Å². The Hall–Kier alpha value is -1.55. The Balaban J connectivity index is 2.16. The third-order valence-corrected chi connectivity index (χ3v) is 4.40. The molecule has 0 amide bonds. The molecule has 0 spiro atoms. The maximum Gasteiger partial charge on any atom is 0.141 e. The summed E-state index contributed by atoms with van der Waals surface area (Å²) in [4.78, 5) is 10.5. The molecular weight excluding hydrogens is 266 g/mol. The van der Waals surface area contributed by atoms with Crippen LogP contribution in [0.3, 0.4) is 0 Å². The molecule has 0 aliphatic carbocycles. The van der Waals surface area contributed by atoms with Gasteiger partial charge < -0.3 is 5.32 Å². The minimum atomic E-state index is 0.796. The predicted molar refractivity (Wildman–Crippen MR) is 86.4 cm³/mol. The van der Waals surface area contributed by atoms with E-state index in [-0.39, 0.29) is 0 Å². The molecule has 4 heteroatoms. The highest BCUT2D eigenvalue weighted by Crippen LogP contribution is 2.25. The van der Waals surface area contributed by atoms with Crippen molar-refractivity contribution in [2.24, 2.45) is 0 Å². The zero-order chi connectivity index (χ0) is 14.5. The molecule has 20 heavy (non-hydrogen) atoms. The van der Waals surface area contributed by atoms with Crippen molar-refractivity contribution in [1.29, 1.82) is 0 Å². The molecule has 0 unspecified atom stereocenters. The van der Waals surface area contributed by atoms with E-state index >= 15 is 0 Å². The first-order valence-corrected chi connectivity index (χ1v) is 7.86. The number of aromatic nitrogens is 2. The molecule has 0 saturated carbocycles. The van der Waals surface area contributed by atoms with Crippen LogP contribution >= 0.6 is 11.8 Å². The number of aryl methyl sites for hydroxylation is 2. The largest absolute Gasteiger partial charge is 0.370 e. The van der Waals surface area contributed by atoms with Crippen molar-refractivity contribution in [1.82, 2.24) is 9.97 Å². The van der Waals surface area contributed by atoms with Crippen molar-refractivity contribution in [3.05, 3.63) is 46.9 Å². The second-order valence-corrected chi connectivity index (χ2v) is 5.80. The van der Waals surface area contributed by atoms with Crippen LogP contribution in [0.25, 0.3) is 0 Å². The number of nitrogens with zero attached hydrogens (tertiary/aromatic N) is 2. The number of nitrogens with one attached hydrogen (secondary N) is 1. The smallest absolute Gasteiger partial charge is 0.141 e. The molecule has 3 nitrogen and oxygen atoms in total. The lowest BCUT2D eigenvalue weighted by Gasteiger charge is -2.11.